The Morgan fingerprint density at radius 2 is 1.86 bits per heavy atom. The molecular formula is C21H23ClN2O4. The van der Waals surface area contributed by atoms with Crippen LogP contribution in [0.1, 0.15) is 40.5 Å². The van der Waals surface area contributed by atoms with Crippen LogP contribution in [0.3, 0.4) is 0 Å². The first-order valence-electron chi connectivity index (χ1n) is 9.30. The minimum Gasteiger partial charge on any atom is -0.503 e. The highest BCUT2D eigenvalue weighted by atomic mass is 35.5. The Labute approximate surface area is 169 Å². The second-order valence-electron chi connectivity index (χ2n) is 6.64. The number of piperidine rings is 1. The first kappa shape index (κ1) is 20.0. The minimum atomic E-state index is -0.171. The van der Waals surface area contributed by atoms with E-state index in [1.54, 1.807) is 24.0 Å². The number of amides is 2. The fraction of sp³-hybridized carbons (Fsp3) is 0.333. The van der Waals surface area contributed by atoms with Crippen LogP contribution in [0, 0.1) is 0 Å². The molecule has 0 bridgehead atoms. The summed E-state index contributed by atoms with van der Waals surface area (Å²) in [7, 11) is 0. The summed E-state index contributed by atoms with van der Waals surface area (Å²) >= 11 is 6.03. The largest absolute Gasteiger partial charge is 0.503 e. The molecular weight excluding hydrogens is 380 g/mol. The molecule has 0 radical (unpaired) electrons. The fourth-order valence-corrected chi connectivity index (χ4v) is 3.44. The summed E-state index contributed by atoms with van der Waals surface area (Å²) in [5.74, 6) is -0.238. The Morgan fingerprint density at radius 1 is 1.18 bits per heavy atom. The van der Waals surface area contributed by atoms with Gasteiger partial charge in [-0.25, -0.2) is 0 Å². The monoisotopic (exact) mass is 402 g/mol. The van der Waals surface area contributed by atoms with Gasteiger partial charge in [0.2, 0.25) is 0 Å². The number of ether oxygens (including phenoxy) is 1. The van der Waals surface area contributed by atoms with Crippen LogP contribution in [-0.2, 0) is 0 Å². The molecule has 7 heteroatoms. The lowest BCUT2D eigenvalue weighted by Gasteiger charge is -2.32. The topological polar surface area (TPSA) is 78.9 Å². The number of benzene rings is 2. The third-order valence-electron chi connectivity index (χ3n) is 4.73. The number of rotatable bonds is 5. The van der Waals surface area contributed by atoms with E-state index in [9.17, 15) is 14.7 Å². The summed E-state index contributed by atoms with van der Waals surface area (Å²) in [6.07, 6.45) is 1.35. The number of hydrogen-bond donors (Lipinski definition) is 2. The lowest BCUT2D eigenvalue weighted by Crippen LogP contribution is -2.46. The molecule has 6 nitrogen and oxygen atoms in total. The Balaban J connectivity index is 1.60. The molecule has 1 aliphatic heterocycles. The van der Waals surface area contributed by atoms with E-state index in [0.717, 1.165) is 0 Å². The van der Waals surface area contributed by atoms with E-state index < -0.39 is 0 Å². The fourth-order valence-electron chi connectivity index (χ4n) is 3.23. The van der Waals surface area contributed by atoms with E-state index in [-0.39, 0.29) is 34.4 Å². The van der Waals surface area contributed by atoms with E-state index in [4.69, 9.17) is 16.3 Å². The maximum Gasteiger partial charge on any atom is 0.254 e. The summed E-state index contributed by atoms with van der Waals surface area (Å²) in [6, 6.07) is 12.1. The number of carbonyl (C=O) groups excluding carboxylic acids is 2. The SMILES string of the molecule is CCOc1cc(C(=O)N2CCC(NC(=O)c3ccccc3)CC2)cc(Cl)c1O. The first-order chi connectivity index (χ1) is 13.5. The van der Waals surface area contributed by atoms with E-state index in [1.807, 2.05) is 18.2 Å². The number of aromatic hydroxyl groups is 1. The Kier molecular flexibility index (Phi) is 6.41. The van der Waals surface area contributed by atoms with Crippen molar-refractivity contribution in [2.45, 2.75) is 25.8 Å². The van der Waals surface area contributed by atoms with Gasteiger partial charge in [-0.3, -0.25) is 9.59 Å². The van der Waals surface area contributed by atoms with Crippen LogP contribution in [-0.4, -0.2) is 47.6 Å². The first-order valence-corrected chi connectivity index (χ1v) is 9.68. The lowest BCUT2D eigenvalue weighted by atomic mass is 10.0. The maximum absolute atomic E-state index is 12.8. The zero-order valence-corrected chi connectivity index (χ0v) is 16.4. The van der Waals surface area contributed by atoms with Crippen LogP contribution < -0.4 is 10.1 Å². The van der Waals surface area contributed by atoms with Gasteiger partial charge < -0.3 is 20.1 Å². The van der Waals surface area contributed by atoms with Gasteiger partial charge in [0, 0.05) is 30.3 Å². The normalized spacial score (nSPS) is 14.6. The van der Waals surface area contributed by atoms with Crippen LogP contribution in [0.2, 0.25) is 5.02 Å². The van der Waals surface area contributed by atoms with Crippen LogP contribution in [0.5, 0.6) is 11.5 Å². The van der Waals surface area contributed by atoms with Crippen molar-refractivity contribution in [2.24, 2.45) is 0 Å². The molecule has 148 valence electrons. The van der Waals surface area contributed by atoms with Crippen molar-refractivity contribution in [1.82, 2.24) is 10.2 Å². The zero-order chi connectivity index (χ0) is 20.1. The van der Waals surface area contributed by atoms with Gasteiger partial charge in [-0.05, 0) is 44.0 Å². The summed E-state index contributed by atoms with van der Waals surface area (Å²) in [5.41, 5.74) is 1.00. The number of hydrogen-bond acceptors (Lipinski definition) is 4. The summed E-state index contributed by atoms with van der Waals surface area (Å²) < 4.78 is 5.35. The smallest absolute Gasteiger partial charge is 0.254 e. The van der Waals surface area contributed by atoms with Crippen molar-refractivity contribution in [3.05, 3.63) is 58.6 Å². The standard InChI is InChI=1S/C21H23ClN2O4/c1-2-28-18-13-15(12-17(22)19(18)25)21(27)24-10-8-16(9-11-24)23-20(26)14-6-4-3-5-7-14/h3-7,12-13,16,25H,2,8-11H2,1H3,(H,23,26). The molecule has 0 unspecified atom stereocenters. The summed E-state index contributed by atoms with van der Waals surface area (Å²) in [5, 5.41) is 13.0. The molecule has 2 amide bonds. The van der Waals surface area contributed by atoms with Crippen molar-refractivity contribution in [1.29, 1.82) is 0 Å². The molecule has 2 aromatic rings. The minimum absolute atomic E-state index is 0.0270. The van der Waals surface area contributed by atoms with Gasteiger partial charge in [-0.1, -0.05) is 29.8 Å². The molecule has 0 spiro atoms. The molecule has 1 fully saturated rings. The van der Waals surface area contributed by atoms with Gasteiger partial charge in [-0.15, -0.1) is 0 Å². The molecule has 1 saturated heterocycles. The van der Waals surface area contributed by atoms with Crippen molar-refractivity contribution in [3.63, 3.8) is 0 Å². The number of likely N-dealkylation sites (tertiary alicyclic amines) is 1. The van der Waals surface area contributed by atoms with E-state index >= 15 is 0 Å². The third kappa shape index (κ3) is 4.57. The number of phenolic OH excluding ortho intramolecular Hbond substituents is 1. The molecule has 1 heterocycles. The molecule has 0 atom stereocenters. The van der Waals surface area contributed by atoms with E-state index in [0.29, 0.717) is 43.7 Å². The average Bonchev–Trinajstić information content (AvgIpc) is 2.72. The molecule has 2 aromatic carbocycles. The van der Waals surface area contributed by atoms with Crippen molar-refractivity contribution in [3.8, 4) is 11.5 Å². The summed E-state index contributed by atoms with van der Waals surface area (Å²) in [4.78, 5) is 26.8. The average molecular weight is 403 g/mol. The Bertz CT molecular complexity index is 849. The molecule has 0 aliphatic carbocycles. The molecule has 2 N–H and O–H groups in total. The van der Waals surface area contributed by atoms with E-state index in [1.165, 1.54) is 12.1 Å². The Hall–Kier alpha value is -2.73. The quantitative estimate of drug-likeness (QED) is 0.802. The van der Waals surface area contributed by atoms with Gasteiger partial charge in [0.15, 0.2) is 11.5 Å². The van der Waals surface area contributed by atoms with Crippen LogP contribution in [0.25, 0.3) is 0 Å². The van der Waals surface area contributed by atoms with Gasteiger partial charge in [-0.2, -0.15) is 0 Å². The molecule has 0 aromatic heterocycles. The number of halogens is 1. The highest BCUT2D eigenvalue weighted by molar-refractivity contribution is 6.32. The molecule has 0 saturated carbocycles. The van der Waals surface area contributed by atoms with Gasteiger partial charge in [0.25, 0.3) is 11.8 Å². The van der Waals surface area contributed by atoms with Crippen molar-refractivity contribution >= 4 is 23.4 Å². The number of nitrogens with one attached hydrogen (secondary N) is 1. The lowest BCUT2D eigenvalue weighted by molar-refractivity contribution is 0.0697. The molecule has 1 aliphatic rings. The number of phenols is 1. The highest BCUT2D eigenvalue weighted by Gasteiger charge is 2.26. The van der Waals surface area contributed by atoms with Gasteiger partial charge in [0.05, 0.1) is 11.6 Å². The maximum atomic E-state index is 12.8. The van der Waals surface area contributed by atoms with Crippen LogP contribution in [0.15, 0.2) is 42.5 Å². The molecule has 28 heavy (non-hydrogen) atoms. The molecule has 3 rings (SSSR count). The second-order valence-corrected chi connectivity index (χ2v) is 7.05. The Morgan fingerprint density at radius 3 is 2.50 bits per heavy atom. The van der Waals surface area contributed by atoms with Crippen molar-refractivity contribution in [2.75, 3.05) is 19.7 Å². The van der Waals surface area contributed by atoms with Crippen LogP contribution >= 0.6 is 11.6 Å². The predicted molar refractivity (Wildman–Crippen MR) is 107 cm³/mol. The highest BCUT2D eigenvalue weighted by Crippen LogP contribution is 2.35. The number of carbonyl (C=O) groups is 2. The van der Waals surface area contributed by atoms with Crippen LogP contribution in [0.4, 0.5) is 0 Å². The number of nitrogens with zero attached hydrogens (tertiary/aromatic N) is 1. The van der Waals surface area contributed by atoms with Gasteiger partial charge in [0.1, 0.15) is 0 Å². The predicted octanol–water partition coefficient (Wildman–Crippen LogP) is 3.48. The van der Waals surface area contributed by atoms with E-state index in [2.05, 4.69) is 5.32 Å². The zero-order valence-electron chi connectivity index (χ0n) is 15.7. The van der Waals surface area contributed by atoms with Gasteiger partial charge >= 0.3 is 0 Å². The third-order valence-corrected chi connectivity index (χ3v) is 5.02. The summed E-state index contributed by atoms with van der Waals surface area (Å²) in [6.45, 7) is 3.20. The van der Waals surface area contributed by atoms with Crippen molar-refractivity contribution < 1.29 is 19.4 Å². The second kappa shape index (κ2) is 8.97.